The SMILES string of the molecule is CCC(C)OC(=O)C1CC=CCC1C(=O)OC1CCCCC1. The van der Waals surface area contributed by atoms with Crippen LogP contribution >= 0.6 is 0 Å². The maximum Gasteiger partial charge on any atom is 0.310 e. The van der Waals surface area contributed by atoms with Crippen molar-refractivity contribution in [3.05, 3.63) is 12.2 Å². The zero-order valence-corrected chi connectivity index (χ0v) is 13.8. The van der Waals surface area contributed by atoms with E-state index in [0.29, 0.717) is 12.8 Å². The van der Waals surface area contributed by atoms with Gasteiger partial charge in [0.2, 0.25) is 0 Å². The Morgan fingerprint density at radius 1 is 1.05 bits per heavy atom. The van der Waals surface area contributed by atoms with Gasteiger partial charge in [0.05, 0.1) is 17.9 Å². The van der Waals surface area contributed by atoms with Crippen LogP contribution in [0.5, 0.6) is 0 Å². The zero-order valence-electron chi connectivity index (χ0n) is 13.8. The van der Waals surface area contributed by atoms with Gasteiger partial charge >= 0.3 is 11.9 Å². The predicted octanol–water partition coefficient (Wildman–Crippen LogP) is 3.79. The lowest BCUT2D eigenvalue weighted by Crippen LogP contribution is -2.36. The summed E-state index contributed by atoms with van der Waals surface area (Å²) in [5.41, 5.74) is 0. The van der Waals surface area contributed by atoms with Crippen LogP contribution in [0.1, 0.15) is 65.2 Å². The maximum absolute atomic E-state index is 12.5. The van der Waals surface area contributed by atoms with Gasteiger partial charge in [-0.1, -0.05) is 25.5 Å². The van der Waals surface area contributed by atoms with Gasteiger partial charge in [-0.2, -0.15) is 0 Å². The van der Waals surface area contributed by atoms with Crippen LogP contribution in [0.25, 0.3) is 0 Å². The predicted molar refractivity (Wildman–Crippen MR) is 84.2 cm³/mol. The molecule has 0 aromatic carbocycles. The van der Waals surface area contributed by atoms with E-state index in [-0.39, 0.29) is 30.1 Å². The lowest BCUT2D eigenvalue weighted by Gasteiger charge is -2.29. The van der Waals surface area contributed by atoms with E-state index >= 15 is 0 Å². The summed E-state index contributed by atoms with van der Waals surface area (Å²) >= 11 is 0. The van der Waals surface area contributed by atoms with Crippen molar-refractivity contribution >= 4 is 11.9 Å². The summed E-state index contributed by atoms with van der Waals surface area (Å²) < 4.78 is 11.1. The molecule has 3 atom stereocenters. The van der Waals surface area contributed by atoms with Crippen molar-refractivity contribution in [2.75, 3.05) is 0 Å². The van der Waals surface area contributed by atoms with Crippen LogP contribution in [-0.4, -0.2) is 24.1 Å². The lowest BCUT2D eigenvalue weighted by atomic mass is 9.83. The monoisotopic (exact) mass is 308 g/mol. The minimum atomic E-state index is -0.393. The molecule has 0 heterocycles. The van der Waals surface area contributed by atoms with Crippen LogP contribution < -0.4 is 0 Å². The Morgan fingerprint density at radius 3 is 2.23 bits per heavy atom. The second-order valence-corrected chi connectivity index (χ2v) is 6.51. The summed E-state index contributed by atoms with van der Waals surface area (Å²) in [4.78, 5) is 24.8. The lowest BCUT2D eigenvalue weighted by molar-refractivity contribution is -0.167. The Kier molecular flexibility index (Phi) is 6.47. The fourth-order valence-electron chi connectivity index (χ4n) is 3.14. The first-order valence-electron chi connectivity index (χ1n) is 8.67. The fraction of sp³-hybridized carbons (Fsp3) is 0.778. The standard InChI is InChI=1S/C18H28O4/c1-3-13(2)21-17(19)15-11-7-8-12-16(15)18(20)22-14-9-5-4-6-10-14/h7-8,13-16H,3-6,9-12H2,1-2H3. The van der Waals surface area contributed by atoms with Crippen LogP contribution in [0.2, 0.25) is 0 Å². The molecule has 2 aliphatic rings. The molecule has 0 radical (unpaired) electrons. The molecule has 22 heavy (non-hydrogen) atoms. The molecule has 0 spiro atoms. The van der Waals surface area contributed by atoms with E-state index in [4.69, 9.17) is 9.47 Å². The van der Waals surface area contributed by atoms with Crippen molar-refractivity contribution in [3.63, 3.8) is 0 Å². The van der Waals surface area contributed by atoms with Crippen molar-refractivity contribution < 1.29 is 19.1 Å². The van der Waals surface area contributed by atoms with Crippen LogP contribution in [0.3, 0.4) is 0 Å². The molecular weight excluding hydrogens is 280 g/mol. The third-order valence-electron chi connectivity index (χ3n) is 4.77. The number of esters is 2. The minimum Gasteiger partial charge on any atom is -0.462 e. The topological polar surface area (TPSA) is 52.6 Å². The van der Waals surface area contributed by atoms with E-state index < -0.39 is 5.92 Å². The Balaban J connectivity index is 1.94. The van der Waals surface area contributed by atoms with Gasteiger partial charge in [-0.05, 0) is 51.9 Å². The first-order valence-corrected chi connectivity index (χ1v) is 8.67. The van der Waals surface area contributed by atoms with Crippen molar-refractivity contribution in [3.8, 4) is 0 Å². The summed E-state index contributed by atoms with van der Waals surface area (Å²) in [6.45, 7) is 3.86. The first-order chi connectivity index (χ1) is 10.6. The Morgan fingerprint density at radius 2 is 1.64 bits per heavy atom. The van der Waals surface area contributed by atoms with E-state index in [1.54, 1.807) is 0 Å². The van der Waals surface area contributed by atoms with Gasteiger partial charge in [0, 0.05) is 0 Å². The number of carbonyl (C=O) groups excluding carboxylic acids is 2. The average Bonchev–Trinajstić information content (AvgIpc) is 2.55. The van der Waals surface area contributed by atoms with Gasteiger partial charge in [0.25, 0.3) is 0 Å². The molecule has 124 valence electrons. The highest BCUT2D eigenvalue weighted by Crippen LogP contribution is 2.30. The van der Waals surface area contributed by atoms with Gasteiger partial charge in [-0.15, -0.1) is 0 Å². The van der Waals surface area contributed by atoms with E-state index in [1.165, 1.54) is 6.42 Å². The third kappa shape index (κ3) is 4.59. The average molecular weight is 308 g/mol. The molecule has 1 saturated carbocycles. The quantitative estimate of drug-likeness (QED) is 0.573. The normalized spacial score (nSPS) is 27.2. The molecule has 2 rings (SSSR count). The molecule has 0 aromatic rings. The molecule has 4 nitrogen and oxygen atoms in total. The minimum absolute atomic E-state index is 0.0402. The number of rotatable bonds is 5. The smallest absolute Gasteiger partial charge is 0.310 e. The number of ether oxygens (including phenoxy) is 2. The highest BCUT2D eigenvalue weighted by molar-refractivity contribution is 5.83. The van der Waals surface area contributed by atoms with Crippen LogP contribution in [0, 0.1) is 11.8 Å². The molecule has 0 bridgehead atoms. The van der Waals surface area contributed by atoms with Crippen molar-refractivity contribution in [1.82, 2.24) is 0 Å². The van der Waals surface area contributed by atoms with Crippen LogP contribution in [0.4, 0.5) is 0 Å². The molecule has 2 aliphatic carbocycles. The molecular formula is C18H28O4. The number of hydrogen-bond donors (Lipinski definition) is 0. The van der Waals surface area contributed by atoms with Crippen molar-refractivity contribution in [2.24, 2.45) is 11.8 Å². The van der Waals surface area contributed by atoms with Crippen molar-refractivity contribution in [2.45, 2.75) is 77.4 Å². The third-order valence-corrected chi connectivity index (χ3v) is 4.77. The van der Waals surface area contributed by atoms with Gasteiger partial charge in [0.1, 0.15) is 6.10 Å². The van der Waals surface area contributed by atoms with E-state index in [0.717, 1.165) is 32.1 Å². The Labute approximate surface area is 133 Å². The Hall–Kier alpha value is -1.32. The summed E-state index contributed by atoms with van der Waals surface area (Å²) in [5, 5.41) is 0. The molecule has 0 aromatic heterocycles. The molecule has 0 amide bonds. The highest BCUT2D eigenvalue weighted by Gasteiger charge is 2.37. The molecule has 0 saturated heterocycles. The van der Waals surface area contributed by atoms with Gasteiger partial charge < -0.3 is 9.47 Å². The van der Waals surface area contributed by atoms with E-state index in [9.17, 15) is 9.59 Å². The fourth-order valence-corrected chi connectivity index (χ4v) is 3.14. The summed E-state index contributed by atoms with van der Waals surface area (Å²) in [6, 6.07) is 0. The molecule has 3 unspecified atom stereocenters. The summed E-state index contributed by atoms with van der Waals surface area (Å²) in [6.07, 6.45) is 11.2. The maximum atomic E-state index is 12.5. The second-order valence-electron chi connectivity index (χ2n) is 6.51. The van der Waals surface area contributed by atoms with Gasteiger partial charge in [0.15, 0.2) is 0 Å². The van der Waals surface area contributed by atoms with Gasteiger partial charge in [-0.3, -0.25) is 9.59 Å². The number of carbonyl (C=O) groups is 2. The summed E-state index contributed by atoms with van der Waals surface area (Å²) in [5.74, 6) is -1.26. The van der Waals surface area contributed by atoms with Crippen LogP contribution in [-0.2, 0) is 19.1 Å². The number of hydrogen-bond acceptors (Lipinski definition) is 4. The highest BCUT2D eigenvalue weighted by atomic mass is 16.6. The zero-order chi connectivity index (χ0) is 15.9. The summed E-state index contributed by atoms with van der Waals surface area (Å²) in [7, 11) is 0. The van der Waals surface area contributed by atoms with Gasteiger partial charge in [-0.25, -0.2) is 0 Å². The largest absolute Gasteiger partial charge is 0.462 e. The molecule has 0 aliphatic heterocycles. The van der Waals surface area contributed by atoms with E-state index in [1.807, 2.05) is 26.0 Å². The molecule has 0 N–H and O–H groups in total. The Bertz CT molecular complexity index is 409. The first kappa shape index (κ1) is 17.0. The second kappa shape index (κ2) is 8.35. The molecule has 1 fully saturated rings. The number of allylic oxidation sites excluding steroid dienone is 2. The molecule has 4 heteroatoms. The van der Waals surface area contributed by atoms with Crippen LogP contribution in [0.15, 0.2) is 12.2 Å². The van der Waals surface area contributed by atoms with E-state index in [2.05, 4.69) is 0 Å². The van der Waals surface area contributed by atoms with Crippen molar-refractivity contribution in [1.29, 1.82) is 0 Å².